The van der Waals surface area contributed by atoms with Crippen LogP contribution in [0.3, 0.4) is 0 Å². The monoisotopic (exact) mass is 619 g/mol. The molecule has 3 aliphatic rings. The van der Waals surface area contributed by atoms with Gasteiger partial charge < -0.3 is 34.1 Å². The predicted octanol–water partition coefficient (Wildman–Crippen LogP) is 2.21. The smallest absolute Gasteiger partial charge is 0.228 e. The number of fused-ring (bicyclic) bond motifs is 1. The molecule has 2 N–H and O–H groups in total. The zero-order valence-corrected chi connectivity index (χ0v) is 25.9. The van der Waals surface area contributed by atoms with Crippen molar-refractivity contribution in [3.05, 3.63) is 58.9 Å². The molecule has 0 unspecified atom stereocenters. The number of anilines is 2. The number of hydrogen-bond acceptors (Lipinski definition) is 12. The van der Waals surface area contributed by atoms with E-state index in [0.29, 0.717) is 76.4 Å². The summed E-state index contributed by atoms with van der Waals surface area (Å²) in [4.78, 5) is 44.5. The molecule has 13 nitrogen and oxygen atoms in total. The van der Waals surface area contributed by atoms with Crippen LogP contribution in [-0.4, -0.2) is 106 Å². The Morgan fingerprint density at radius 1 is 1.11 bits per heavy atom. The van der Waals surface area contributed by atoms with Gasteiger partial charge in [0.15, 0.2) is 17.9 Å². The zero-order valence-electron chi connectivity index (χ0n) is 25.9. The van der Waals surface area contributed by atoms with Crippen molar-refractivity contribution < 1.29 is 28.6 Å². The highest BCUT2D eigenvalue weighted by Crippen LogP contribution is 2.26. The second-order valence-corrected chi connectivity index (χ2v) is 12.0. The number of aromatic nitrogens is 3. The number of nitrogens with one attached hydrogen (secondary N) is 1. The van der Waals surface area contributed by atoms with E-state index in [0.717, 1.165) is 36.7 Å². The minimum atomic E-state index is -0.645. The third-order valence-corrected chi connectivity index (χ3v) is 8.66. The van der Waals surface area contributed by atoms with Gasteiger partial charge in [-0.05, 0) is 43.0 Å². The fourth-order valence-electron chi connectivity index (χ4n) is 5.80. The number of aliphatic hydroxyl groups is 1. The standard InChI is InChI=1S/C32H41N7O6/c1-21-30(45-20-33-21)19-44-27-5-3-24-15-37(8-7-23(24)13-27)16-26(41)4-6-29(42)28-14-31(34-25-17-43-18-25)36-32(35-28)39-11-9-38(10-12-39)22(2)40/h3,5,13-14,20,25-26,41H,4,6-12,15-19H2,1-2H3,(H,34,35,36)/t26-/m0/s1. The summed E-state index contributed by atoms with van der Waals surface area (Å²) >= 11 is 0. The molecule has 0 bridgehead atoms. The lowest BCUT2D eigenvalue weighted by molar-refractivity contribution is -0.129. The van der Waals surface area contributed by atoms with Crippen molar-refractivity contribution >= 4 is 23.5 Å². The summed E-state index contributed by atoms with van der Waals surface area (Å²) in [6.45, 7) is 9.37. The molecule has 2 saturated heterocycles. The van der Waals surface area contributed by atoms with E-state index < -0.39 is 6.10 Å². The fourth-order valence-corrected chi connectivity index (χ4v) is 5.80. The molecule has 0 radical (unpaired) electrons. The Hall–Kier alpha value is -4.07. The minimum absolute atomic E-state index is 0.0492. The van der Waals surface area contributed by atoms with Crippen molar-refractivity contribution in [2.75, 3.05) is 62.7 Å². The number of oxazole rings is 1. The molecule has 0 saturated carbocycles. The molecule has 1 atom stereocenters. The maximum atomic E-state index is 13.3. The number of ether oxygens (including phenoxy) is 2. The first kappa shape index (κ1) is 30.9. The summed E-state index contributed by atoms with van der Waals surface area (Å²) in [5, 5.41) is 14.2. The number of carbonyl (C=O) groups excluding carboxylic acids is 2. The molecule has 45 heavy (non-hydrogen) atoms. The number of hydrogen-bond donors (Lipinski definition) is 2. The van der Waals surface area contributed by atoms with Crippen LogP contribution in [0.4, 0.5) is 11.8 Å². The van der Waals surface area contributed by atoms with Crippen LogP contribution in [0.1, 0.15) is 52.8 Å². The molecular weight excluding hydrogens is 578 g/mol. The molecule has 2 aromatic heterocycles. The van der Waals surface area contributed by atoms with Crippen LogP contribution in [0, 0.1) is 6.92 Å². The van der Waals surface area contributed by atoms with Gasteiger partial charge in [-0.15, -0.1) is 0 Å². The van der Waals surface area contributed by atoms with Gasteiger partial charge in [-0.1, -0.05) is 6.07 Å². The van der Waals surface area contributed by atoms with Gasteiger partial charge in [-0.25, -0.2) is 9.97 Å². The Kier molecular flexibility index (Phi) is 9.57. The molecule has 13 heteroatoms. The molecule has 2 fully saturated rings. The number of β-amino-alcohol motifs (C(OH)–C–C–N with tert-alkyl or cyclic N) is 1. The lowest BCUT2D eigenvalue weighted by Crippen LogP contribution is -2.48. The van der Waals surface area contributed by atoms with Gasteiger partial charge in [0.05, 0.1) is 31.1 Å². The lowest BCUT2D eigenvalue weighted by Gasteiger charge is -2.34. The van der Waals surface area contributed by atoms with Crippen molar-refractivity contribution in [2.24, 2.45) is 0 Å². The third kappa shape index (κ3) is 7.78. The molecule has 3 aliphatic heterocycles. The highest BCUT2D eigenvalue weighted by molar-refractivity contribution is 5.95. The Morgan fingerprint density at radius 2 is 1.93 bits per heavy atom. The summed E-state index contributed by atoms with van der Waals surface area (Å²) in [5.41, 5.74) is 3.60. The number of aryl methyl sites for hydroxylation is 1. The first-order valence-electron chi connectivity index (χ1n) is 15.6. The van der Waals surface area contributed by atoms with E-state index in [4.69, 9.17) is 13.9 Å². The number of benzene rings is 1. The van der Waals surface area contributed by atoms with Gasteiger partial charge in [0.1, 0.15) is 23.9 Å². The van der Waals surface area contributed by atoms with E-state index in [1.165, 1.54) is 17.5 Å². The Morgan fingerprint density at radius 3 is 2.64 bits per heavy atom. The maximum absolute atomic E-state index is 13.3. The second kappa shape index (κ2) is 13.9. The molecule has 6 rings (SSSR count). The van der Waals surface area contributed by atoms with Crippen LogP contribution in [0.5, 0.6) is 5.75 Å². The maximum Gasteiger partial charge on any atom is 0.228 e. The van der Waals surface area contributed by atoms with Crippen molar-refractivity contribution in [1.82, 2.24) is 24.8 Å². The fraction of sp³-hybridized carbons (Fsp3) is 0.531. The van der Waals surface area contributed by atoms with E-state index in [1.807, 2.05) is 17.9 Å². The number of ketones is 1. The van der Waals surface area contributed by atoms with Crippen LogP contribution in [0.15, 0.2) is 35.1 Å². The van der Waals surface area contributed by atoms with Crippen molar-refractivity contribution in [3.63, 3.8) is 0 Å². The number of nitrogens with zero attached hydrogens (tertiary/aromatic N) is 6. The van der Waals surface area contributed by atoms with E-state index in [2.05, 4.69) is 37.3 Å². The second-order valence-electron chi connectivity index (χ2n) is 12.0. The molecule has 0 spiro atoms. The topological polar surface area (TPSA) is 146 Å². The molecule has 0 aliphatic carbocycles. The summed E-state index contributed by atoms with van der Waals surface area (Å²) in [7, 11) is 0. The van der Waals surface area contributed by atoms with Crippen LogP contribution >= 0.6 is 0 Å². The van der Waals surface area contributed by atoms with Gasteiger partial charge in [-0.3, -0.25) is 14.5 Å². The van der Waals surface area contributed by atoms with Gasteiger partial charge in [-0.2, -0.15) is 4.98 Å². The molecule has 240 valence electrons. The average Bonchev–Trinajstić information content (AvgIpc) is 3.44. The van der Waals surface area contributed by atoms with Gasteiger partial charge in [0.25, 0.3) is 0 Å². The molecule has 5 heterocycles. The highest BCUT2D eigenvalue weighted by atomic mass is 16.5. The van der Waals surface area contributed by atoms with Crippen LogP contribution < -0.4 is 15.0 Å². The van der Waals surface area contributed by atoms with Gasteiger partial charge >= 0.3 is 0 Å². The number of amides is 1. The first-order valence-corrected chi connectivity index (χ1v) is 15.6. The SMILES string of the molecule is CC(=O)N1CCN(c2nc(NC3COC3)cc(C(=O)CC[C@H](O)CN3CCc4cc(OCc5ocnc5C)ccc4C3)n2)CC1. The molecule has 1 aromatic carbocycles. The van der Waals surface area contributed by atoms with Crippen LogP contribution in [0.25, 0.3) is 0 Å². The van der Waals surface area contributed by atoms with Gasteiger partial charge in [0.2, 0.25) is 11.9 Å². The summed E-state index contributed by atoms with van der Waals surface area (Å²) < 4.78 is 16.6. The summed E-state index contributed by atoms with van der Waals surface area (Å²) in [6, 6.07) is 7.95. The number of Topliss-reactive ketones (excluding diaryl/α,β-unsaturated/α-hetero) is 1. The summed E-state index contributed by atoms with van der Waals surface area (Å²) in [6.07, 6.45) is 2.15. The lowest BCUT2D eigenvalue weighted by atomic mass is 9.98. The first-order chi connectivity index (χ1) is 21.8. The van der Waals surface area contributed by atoms with E-state index in [9.17, 15) is 14.7 Å². The number of carbonyl (C=O) groups is 2. The van der Waals surface area contributed by atoms with E-state index in [1.54, 1.807) is 17.9 Å². The minimum Gasteiger partial charge on any atom is -0.486 e. The van der Waals surface area contributed by atoms with Crippen LogP contribution in [-0.2, 0) is 29.1 Å². The van der Waals surface area contributed by atoms with E-state index >= 15 is 0 Å². The van der Waals surface area contributed by atoms with Crippen molar-refractivity contribution in [3.8, 4) is 5.75 Å². The molecule has 3 aromatic rings. The Labute approximate surface area is 262 Å². The van der Waals surface area contributed by atoms with Crippen LogP contribution in [0.2, 0.25) is 0 Å². The molecular formula is C32H41N7O6. The van der Waals surface area contributed by atoms with Gasteiger partial charge in [0, 0.05) is 65.2 Å². The summed E-state index contributed by atoms with van der Waals surface area (Å²) in [5.74, 6) is 2.48. The quantitative estimate of drug-likeness (QED) is 0.287. The van der Waals surface area contributed by atoms with Crippen molar-refractivity contribution in [1.29, 1.82) is 0 Å². The number of aliphatic hydroxyl groups excluding tert-OH is 1. The zero-order chi connectivity index (χ0) is 31.3. The Balaban J connectivity index is 1.02. The molecule has 1 amide bonds. The van der Waals surface area contributed by atoms with Crippen molar-refractivity contribution in [2.45, 2.75) is 58.4 Å². The van der Waals surface area contributed by atoms with E-state index in [-0.39, 0.29) is 24.2 Å². The Bertz CT molecular complexity index is 1500. The number of piperazine rings is 1. The average molecular weight is 620 g/mol. The predicted molar refractivity (Wildman–Crippen MR) is 165 cm³/mol. The largest absolute Gasteiger partial charge is 0.486 e. The number of rotatable bonds is 12. The highest BCUT2D eigenvalue weighted by Gasteiger charge is 2.25. The third-order valence-electron chi connectivity index (χ3n) is 8.66. The normalized spacial score (nSPS) is 17.8.